The van der Waals surface area contributed by atoms with Gasteiger partial charge in [-0.1, -0.05) is 24.3 Å². The van der Waals surface area contributed by atoms with Crippen molar-refractivity contribution in [2.45, 2.75) is 17.9 Å². The molecule has 1 aromatic carbocycles. The Labute approximate surface area is 164 Å². The van der Waals surface area contributed by atoms with Gasteiger partial charge in [-0.2, -0.15) is 0 Å². The monoisotopic (exact) mass is 401 g/mol. The maximum Gasteiger partial charge on any atom is 0.315 e. The normalized spacial score (nSPS) is 11.7. The van der Waals surface area contributed by atoms with E-state index in [9.17, 15) is 13.2 Å². The number of hydrogen-bond donors (Lipinski definition) is 2. The van der Waals surface area contributed by atoms with E-state index in [0.29, 0.717) is 18.5 Å². The topological polar surface area (TPSA) is 95.8 Å². The number of amides is 2. The number of sulfonamides is 1. The lowest BCUT2D eigenvalue weighted by Crippen LogP contribution is -2.36. The molecule has 0 spiro atoms. The van der Waals surface area contributed by atoms with E-state index in [0.717, 1.165) is 15.6 Å². The number of nitrogens with zero attached hydrogens (tertiary/aromatic N) is 3. The summed E-state index contributed by atoms with van der Waals surface area (Å²) < 4.78 is 27.9. The first-order valence-corrected chi connectivity index (χ1v) is 10.3. The van der Waals surface area contributed by atoms with Crippen molar-refractivity contribution in [1.82, 2.24) is 24.3 Å². The molecule has 2 N–H and O–H groups in total. The number of aromatic nitrogens is 2. The van der Waals surface area contributed by atoms with Gasteiger partial charge in [-0.3, -0.25) is 0 Å². The molecular weight excluding hydrogens is 378 g/mol. The molecule has 28 heavy (non-hydrogen) atoms. The Kier molecular flexibility index (Phi) is 5.96. The molecule has 2 heterocycles. The summed E-state index contributed by atoms with van der Waals surface area (Å²) in [5, 5.41) is 5.47. The fourth-order valence-corrected chi connectivity index (χ4v) is 3.86. The second kappa shape index (κ2) is 8.41. The second-order valence-electron chi connectivity index (χ2n) is 6.45. The maximum absolute atomic E-state index is 12.4. The van der Waals surface area contributed by atoms with Crippen LogP contribution in [0.15, 0.2) is 59.8 Å². The summed E-state index contributed by atoms with van der Waals surface area (Å²) in [6.45, 7) is 0.538. The average molecular weight is 401 g/mol. The van der Waals surface area contributed by atoms with Gasteiger partial charge in [0, 0.05) is 46.0 Å². The van der Waals surface area contributed by atoms with Crippen LogP contribution in [-0.2, 0) is 23.0 Å². The summed E-state index contributed by atoms with van der Waals surface area (Å²) >= 11 is 0. The number of nitrogens with one attached hydrogen (secondary N) is 2. The minimum atomic E-state index is -3.57. The molecule has 148 valence electrons. The van der Waals surface area contributed by atoms with Gasteiger partial charge in [-0.25, -0.2) is 22.5 Å². The fourth-order valence-electron chi connectivity index (χ4n) is 2.75. The highest BCUT2D eigenvalue weighted by Crippen LogP contribution is 2.18. The lowest BCUT2D eigenvalue weighted by molar-refractivity contribution is 0.240. The smallest absolute Gasteiger partial charge is 0.315 e. The lowest BCUT2D eigenvalue weighted by atomic mass is 10.2. The predicted octanol–water partition coefficient (Wildman–Crippen LogP) is 1.63. The number of imidazole rings is 1. The lowest BCUT2D eigenvalue weighted by Gasteiger charge is -2.15. The first-order valence-electron chi connectivity index (χ1n) is 8.82. The Balaban J connectivity index is 1.53. The van der Waals surface area contributed by atoms with Gasteiger partial charge in [-0.05, 0) is 23.8 Å². The summed E-state index contributed by atoms with van der Waals surface area (Å²) in [7, 11) is -0.615. The molecule has 3 rings (SSSR count). The highest BCUT2D eigenvalue weighted by Gasteiger charge is 2.20. The molecule has 0 aliphatic rings. The number of rotatable bonds is 7. The third-order valence-electron chi connectivity index (χ3n) is 4.25. The summed E-state index contributed by atoms with van der Waals surface area (Å²) in [6, 6.07) is 12.0. The van der Waals surface area contributed by atoms with Crippen LogP contribution in [0.3, 0.4) is 0 Å². The number of urea groups is 1. The summed E-state index contributed by atoms with van der Waals surface area (Å²) in [5.41, 5.74) is 2.28. The first-order chi connectivity index (χ1) is 13.4. The van der Waals surface area contributed by atoms with Crippen molar-refractivity contribution in [3.8, 4) is 0 Å². The minimum absolute atomic E-state index is 0.115. The van der Waals surface area contributed by atoms with Gasteiger partial charge in [0.1, 0.15) is 5.65 Å². The molecule has 0 unspecified atom stereocenters. The van der Waals surface area contributed by atoms with Crippen LogP contribution in [0.25, 0.3) is 5.65 Å². The van der Waals surface area contributed by atoms with Gasteiger partial charge < -0.3 is 15.0 Å². The van der Waals surface area contributed by atoms with Crippen molar-refractivity contribution in [1.29, 1.82) is 0 Å². The van der Waals surface area contributed by atoms with Crippen LogP contribution >= 0.6 is 0 Å². The molecule has 2 aromatic heterocycles. The zero-order valence-electron chi connectivity index (χ0n) is 15.8. The van der Waals surface area contributed by atoms with Gasteiger partial charge in [0.25, 0.3) is 0 Å². The van der Waals surface area contributed by atoms with Crippen LogP contribution in [-0.4, -0.2) is 48.8 Å². The number of carbonyl (C=O) groups is 1. The van der Waals surface area contributed by atoms with Crippen LogP contribution < -0.4 is 10.6 Å². The third kappa shape index (κ3) is 4.49. The molecule has 0 bridgehead atoms. The Morgan fingerprint density at radius 2 is 1.86 bits per heavy atom. The molecule has 2 amide bonds. The van der Waals surface area contributed by atoms with E-state index in [1.807, 2.05) is 35.0 Å². The molecule has 9 heteroatoms. The Bertz CT molecular complexity index is 1040. The fraction of sp³-hybridized carbons (Fsp3) is 0.263. The van der Waals surface area contributed by atoms with E-state index >= 15 is 0 Å². The first kappa shape index (κ1) is 19.8. The van der Waals surface area contributed by atoms with Crippen LogP contribution in [0.1, 0.15) is 11.3 Å². The molecule has 0 radical (unpaired) electrons. The van der Waals surface area contributed by atoms with Crippen molar-refractivity contribution in [3.05, 3.63) is 66.1 Å². The van der Waals surface area contributed by atoms with Crippen molar-refractivity contribution >= 4 is 21.7 Å². The zero-order valence-corrected chi connectivity index (χ0v) is 16.6. The maximum atomic E-state index is 12.4. The Morgan fingerprint density at radius 3 is 2.61 bits per heavy atom. The molecular formula is C19H23N5O3S. The van der Waals surface area contributed by atoms with Crippen LogP contribution in [0.4, 0.5) is 4.79 Å². The molecule has 8 nitrogen and oxygen atoms in total. The standard InChI is InChI=1S/C19H23N5O3S/c1-23(2)28(26,27)17-8-4-3-7-15(17)13-21-19(25)20-11-10-16-14-24-12-6-5-9-18(24)22-16/h3-9,12,14H,10-11,13H2,1-2H3,(H2,20,21,25). The predicted molar refractivity (Wildman–Crippen MR) is 106 cm³/mol. The molecule has 0 saturated heterocycles. The van der Waals surface area contributed by atoms with E-state index in [2.05, 4.69) is 15.6 Å². The number of carbonyl (C=O) groups excluding carboxylic acids is 1. The van der Waals surface area contributed by atoms with Gasteiger partial charge in [0.2, 0.25) is 10.0 Å². The van der Waals surface area contributed by atoms with E-state index in [4.69, 9.17) is 0 Å². The quantitative estimate of drug-likeness (QED) is 0.629. The molecule has 0 aliphatic carbocycles. The number of pyridine rings is 1. The zero-order chi connectivity index (χ0) is 20.1. The van der Waals surface area contributed by atoms with Crippen molar-refractivity contribution < 1.29 is 13.2 Å². The highest BCUT2D eigenvalue weighted by molar-refractivity contribution is 7.89. The number of fused-ring (bicyclic) bond motifs is 1. The van der Waals surface area contributed by atoms with Gasteiger partial charge in [0.05, 0.1) is 10.6 Å². The average Bonchev–Trinajstić information content (AvgIpc) is 3.09. The van der Waals surface area contributed by atoms with Gasteiger partial charge >= 0.3 is 6.03 Å². The van der Waals surface area contributed by atoms with Crippen LogP contribution in [0.5, 0.6) is 0 Å². The van der Waals surface area contributed by atoms with Crippen molar-refractivity contribution in [3.63, 3.8) is 0 Å². The van der Waals surface area contributed by atoms with Gasteiger partial charge in [0.15, 0.2) is 0 Å². The molecule has 0 fully saturated rings. The van der Waals surface area contributed by atoms with Crippen molar-refractivity contribution in [2.75, 3.05) is 20.6 Å². The SMILES string of the molecule is CN(C)S(=O)(=O)c1ccccc1CNC(=O)NCCc1cn2ccccc2n1. The molecule has 0 aliphatic heterocycles. The Hall–Kier alpha value is -2.91. The summed E-state index contributed by atoms with van der Waals surface area (Å²) in [5.74, 6) is 0. The minimum Gasteiger partial charge on any atom is -0.338 e. The molecule has 0 saturated carbocycles. The van der Waals surface area contributed by atoms with E-state index in [1.165, 1.54) is 20.2 Å². The van der Waals surface area contributed by atoms with E-state index < -0.39 is 10.0 Å². The second-order valence-corrected chi connectivity index (χ2v) is 8.57. The number of benzene rings is 1. The summed E-state index contributed by atoms with van der Waals surface area (Å²) in [4.78, 5) is 16.7. The van der Waals surface area contributed by atoms with E-state index in [-0.39, 0.29) is 17.5 Å². The molecule has 0 atom stereocenters. The van der Waals surface area contributed by atoms with Crippen molar-refractivity contribution in [2.24, 2.45) is 0 Å². The molecule has 3 aromatic rings. The van der Waals surface area contributed by atoms with Crippen LogP contribution in [0.2, 0.25) is 0 Å². The highest BCUT2D eigenvalue weighted by atomic mass is 32.2. The summed E-state index contributed by atoms with van der Waals surface area (Å²) in [6.07, 6.45) is 4.45. The largest absolute Gasteiger partial charge is 0.338 e. The van der Waals surface area contributed by atoms with Crippen LogP contribution in [0, 0.1) is 0 Å². The number of hydrogen-bond acceptors (Lipinski definition) is 4. The Morgan fingerprint density at radius 1 is 1.11 bits per heavy atom. The van der Waals surface area contributed by atoms with Gasteiger partial charge in [-0.15, -0.1) is 0 Å². The van der Waals surface area contributed by atoms with E-state index in [1.54, 1.807) is 18.2 Å². The third-order valence-corrected chi connectivity index (χ3v) is 6.17.